The molecule has 146 valence electrons. The average molecular weight is 388 g/mol. The number of benzene rings is 1. The molecule has 0 aliphatic heterocycles. The third-order valence-electron chi connectivity index (χ3n) is 4.52. The molecule has 3 rings (SSSR count). The summed E-state index contributed by atoms with van der Waals surface area (Å²) in [6.45, 7) is 5.94. The second kappa shape index (κ2) is 7.46. The lowest BCUT2D eigenvalue weighted by molar-refractivity contribution is -0.137. The molecule has 0 saturated heterocycles. The zero-order chi connectivity index (χ0) is 20.5. The smallest absolute Gasteiger partial charge is 0.345 e. The average Bonchev–Trinajstić information content (AvgIpc) is 3.03. The van der Waals surface area contributed by atoms with Crippen LogP contribution in [0.4, 0.5) is 13.2 Å². The summed E-state index contributed by atoms with van der Waals surface area (Å²) in [6, 6.07) is 6.23. The number of amides is 1. The molecule has 0 atom stereocenters. The quantitative estimate of drug-likeness (QED) is 0.688. The Morgan fingerprint density at radius 2 is 1.82 bits per heavy atom. The highest BCUT2D eigenvalue weighted by Crippen LogP contribution is 2.29. The zero-order valence-electron chi connectivity index (χ0n) is 15.6. The fraction of sp³-hybridized carbons (Fsp3) is 0.250. The number of aromatic nitrogens is 3. The molecule has 1 N–H and O–H groups in total. The van der Waals surface area contributed by atoms with Gasteiger partial charge in [0.05, 0.1) is 12.1 Å². The van der Waals surface area contributed by atoms with Gasteiger partial charge in [-0.1, -0.05) is 12.1 Å². The van der Waals surface area contributed by atoms with Crippen molar-refractivity contribution in [3.8, 4) is 0 Å². The molecule has 0 spiro atoms. The van der Waals surface area contributed by atoms with Gasteiger partial charge in [0.1, 0.15) is 0 Å². The number of nitrogens with one attached hydrogen (secondary N) is 1. The Morgan fingerprint density at radius 1 is 1.11 bits per heavy atom. The van der Waals surface area contributed by atoms with E-state index in [-0.39, 0.29) is 23.9 Å². The van der Waals surface area contributed by atoms with Crippen molar-refractivity contribution in [3.63, 3.8) is 0 Å². The Balaban J connectivity index is 1.72. The summed E-state index contributed by atoms with van der Waals surface area (Å²) in [4.78, 5) is 12.1. The monoisotopic (exact) mass is 388 g/mol. The number of carbonyl (C=O) groups is 1. The van der Waals surface area contributed by atoms with Gasteiger partial charge in [-0.25, -0.2) is 0 Å². The Labute approximate surface area is 159 Å². The van der Waals surface area contributed by atoms with Gasteiger partial charge in [-0.2, -0.15) is 13.2 Å². The van der Waals surface area contributed by atoms with Gasteiger partial charge >= 0.3 is 6.18 Å². The fourth-order valence-corrected chi connectivity index (χ4v) is 2.78. The molecule has 5 nitrogen and oxygen atoms in total. The minimum absolute atomic E-state index is 0.0441. The lowest BCUT2D eigenvalue weighted by atomic mass is 10.0. The molecular formula is C20H19F3N4O. The Hall–Kier alpha value is -3.16. The predicted octanol–water partition coefficient (Wildman–Crippen LogP) is 4.00. The van der Waals surface area contributed by atoms with Gasteiger partial charge in [-0.15, -0.1) is 10.2 Å². The SMILES string of the molecule is Cc1cc(C)c(/C=C/C(=O)NCc2nnc3ccc(C(F)(F)F)cn23)cc1C. The second-order valence-electron chi connectivity index (χ2n) is 6.60. The van der Waals surface area contributed by atoms with Crippen molar-refractivity contribution >= 4 is 17.6 Å². The van der Waals surface area contributed by atoms with Gasteiger partial charge < -0.3 is 5.32 Å². The molecule has 8 heteroatoms. The molecule has 2 aromatic heterocycles. The van der Waals surface area contributed by atoms with Crippen LogP contribution < -0.4 is 5.32 Å². The molecule has 2 heterocycles. The van der Waals surface area contributed by atoms with Gasteiger partial charge in [-0.05, 0) is 61.2 Å². The maximum Gasteiger partial charge on any atom is 0.417 e. The van der Waals surface area contributed by atoms with Crippen LogP contribution in [0.2, 0.25) is 0 Å². The summed E-state index contributed by atoms with van der Waals surface area (Å²) in [7, 11) is 0. The fourth-order valence-electron chi connectivity index (χ4n) is 2.78. The number of fused-ring (bicyclic) bond motifs is 1. The van der Waals surface area contributed by atoms with Crippen LogP contribution in [-0.2, 0) is 17.5 Å². The summed E-state index contributed by atoms with van der Waals surface area (Å²) in [5.41, 5.74) is 3.75. The van der Waals surface area contributed by atoms with Crippen molar-refractivity contribution in [2.75, 3.05) is 0 Å². The van der Waals surface area contributed by atoms with Crippen molar-refractivity contribution in [3.05, 3.63) is 70.2 Å². The third kappa shape index (κ3) is 4.21. The summed E-state index contributed by atoms with van der Waals surface area (Å²) < 4.78 is 39.9. The maximum atomic E-state index is 12.9. The maximum absolute atomic E-state index is 12.9. The van der Waals surface area contributed by atoms with Crippen LogP contribution in [0.25, 0.3) is 11.7 Å². The van der Waals surface area contributed by atoms with Crippen LogP contribution in [0.15, 0.2) is 36.5 Å². The molecule has 0 radical (unpaired) electrons. The molecule has 0 saturated carbocycles. The number of carbonyl (C=O) groups excluding carboxylic acids is 1. The molecule has 28 heavy (non-hydrogen) atoms. The first kappa shape index (κ1) is 19.6. The number of rotatable bonds is 4. The van der Waals surface area contributed by atoms with Crippen LogP contribution in [0.5, 0.6) is 0 Å². The molecule has 0 unspecified atom stereocenters. The number of halogens is 3. The number of aryl methyl sites for hydroxylation is 3. The van der Waals surface area contributed by atoms with Gasteiger partial charge in [0.2, 0.25) is 5.91 Å². The first-order valence-electron chi connectivity index (χ1n) is 8.60. The molecule has 0 aliphatic carbocycles. The lowest BCUT2D eigenvalue weighted by Crippen LogP contribution is -2.22. The van der Waals surface area contributed by atoms with E-state index in [0.717, 1.165) is 29.0 Å². The number of hydrogen-bond donors (Lipinski definition) is 1. The summed E-state index contributed by atoms with van der Waals surface area (Å²) in [6.07, 6.45) is -0.445. The Bertz CT molecular complexity index is 1070. The largest absolute Gasteiger partial charge is 0.417 e. The Kier molecular flexibility index (Phi) is 5.22. The van der Waals surface area contributed by atoms with E-state index in [0.29, 0.717) is 0 Å². The van der Waals surface area contributed by atoms with E-state index >= 15 is 0 Å². The van der Waals surface area contributed by atoms with Crippen LogP contribution in [0, 0.1) is 20.8 Å². The minimum atomic E-state index is -4.47. The van der Waals surface area contributed by atoms with Crippen LogP contribution in [-0.4, -0.2) is 20.5 Å². The molecular weight excluding hydrogens is 369 g/mol. The minimum Gasteiger partial charge on any atom is -0.345 e. The predicted molar refractivity (Wildman–Crippen MR) is 99.5 cm³/mol. The summed E-state index contributed by atoms with van der Waals surface area (Å²) in [5.74, 6) is -0.161. The van der Waals surface area contributed by atoms with Gasteiger partial charge in [0.15, 0.2) is 11.5 Å². The number of pyridine rings is 1. The first-order chi connectivity index (χ1) is 13.1. The van der Waals surface area contributed by atoms with Gasteiger partial charge in [-0.3, -0.25) is 9.20 Å². The first-order valence-corrected chi connectivity index (χ1v) is 8.60. The highest BCUT2D eigenvalue weighted by molar-refractivity contribution is 5.91. The van der Waals surface area contributed by atoms with E-state index in [9.17, 15) is 18.0 Å². The normalized spacial score (nSPS) is 12.1. The molecule has 0 aliphatic rings. The van der Waals surface area contributed by atoms with E-state index in [2.05, 4.69) is 15.5 Å². The van der Waals surface area contributed by atoms with Gasteiger partial charge in [0.25, 0.3) is 0 Å². The van der Waals surface area contributed by atoms with Crippen molar-refractivity contribution in [2.24, 2.45) is 0 Å². The van der Waals surface area contributed by atoms with Crippen molar-refractivity contribution in [2.45, 2.75) is 33.5 Å². The molecule has 1 amide bonds. The van der Waals surface area contributed by atoms with Crippen LogP contribution >= 0.6 is 0 Å². The highest BCUT2D eigenvalue weighted by Gasteiger charge is 2.31. The van der Waals surface area contributed by atoms with E-state index in [4.69, 9.17) is 0 Å². The highest BCUT2D eigenvalue weighted by atomic mass is 19.4. The number of nitrogens with zero attached hydrogens (tertiary/aromatic N) is 3. The van der Waals surface area contributed by atoms with Gasteiger partial charge in [0, 0.05) is 12.3 Å². The summed E-state index contributed by atoms with van der Waals surface area (Å²) in [5, 5.41) is 10.3. The van der Waals surface area contributed by atoms with E-state index in [1.165, 1.54) is 22.1 Å². The molecule has 0 bridgehead atoms. The van der Waals surface area contributed by atoms with Crippen molar-refractivity contribution in [1.82, 2.24) is 19.9 Å². The second-order valence-corrected chi connectivity index (χ2v) is 6.60. The number of alkyl halides is 3. The number of hydrogen-bond acceptors (Lipinski definition) is 3. The van der Waals surface area contributed by atoms with E-state index in [1.807, 2.05) is 32.9 Å². The van der Waals surface area contributed by atoms with Crippen molar-refractivity contribution in [1.29, 1.82) is 0 Å². The zero-order valence-corrected chi connectivity index (χ0v) is 15.6. The van der Waals surface area contributed by atoms with Crippen LogP contribution in [0.3, 0.4) is 0 Å². The van der Waals surface area contributed by atoms with Crippen LogP contribution in [0.1, 0.15) is 33.6 Å². The third-order valence-corrected chi connectivity index (χ3v) is 4.52. The molecule has 3 aromatic rings. The Morgan fingerprint density at radius 3 is 2.54 bits per heavy atom. The lowest BCUT2D eigenvalue weighted by Gasteiger charge is -2.08. The van der Waals surface area contributed by atoms with E-state index in [1.54, 1.807) is 6.08 Å². The van der Waals surface area contributed by atoms with E-state index < -0.39 is 11.7 Å². The molecule has 0 fully saturated rings. The summed E-state index contributed by atoms with van der Waals surface area (Å²) >= 11 is 0. The van der Waals surface area contributed by atoms with Crippen molar-refractivity contribution < 1.29 is 18.0 Å². The topological polar surface area (TPSA) is 59.3 Å². The standard InChI is InChI=1S/C20H19F3N4O/c1-12-8-14(3)15(9-13(12)2)4-7-19(28)24-10-18-26-25-17-6-5-16(11-27(17)18)20(21,22)23/h4-9,11H,10H2,1-3H3,(H,24,28)/b7-4+. The molecule has 1 aromatic carbocycles.